The lowest BCUT2D eigenvalue weighted by Gasteiger charge is -2.28. The van der Waals surface area contributed by atoms with E-state index in [4.69, 9.17) is 9.47 Å². The lowest BCUT2D eigenvalue weighted by molar-refractivity contribution is -0.393. The van der Waals surface area contributed by atoms with Gasteiger partial charge in [-0.05, 0) is 22.0 Å². The van der Waals surface area contributed by atoms with E-state index in [1.165, 1.54) is 27.2 Å². The minimum absolute atomic E-state index is 0.0221. The predicted molar refractivity (Wildman–Crippen MR) is 139 cm³/mol. The number of nitro benzene ring substituents is 2. The topological polar surface area (TPSA) is 182 Å². The maximum atomic E-state index is 11.9. The Kier molecular flexibility index (Phi) is 10.6. The molecule has 2 rings (SSSR count). The van der Waals surface area contributed by atoms with E-state index in [-0.39, 0.29) is 34.7 Å². The van der Waals surface area contributed by atoms with Crippen molar-refractivity contribution >= 4 is 56.0 Å². The van der Waals surface area contributed by atoms with Crippen LogP contribution in [-0.4, -0.2) is 60.9 Å². The molecule has 198 valence electrons. The molecule has 0 aliphatic heterocycles. The van der Waals surface area contributed by atoms with E-state index >= 15 is 0 Å². The Labute approximate surface area is 220 Å². The van der Waals surface area contributed by atoms with Gasteiger partial charge in [0.1, 0.15) is 11.4 Å². The molecule has 1 atom stereocenters. The van der Waals surface area contributed by atoms with Crippen molar-refractivity contribution in [1.29, 1.82) is 0 Å². The van der Waals surface area contributed by atoms with Gasteiger partial charge in [0.15, 0.2) is 5.69 Å². The van der Waals surface area contributed by atoms with Crippen molar-refractivity contribution in [3.05, 3.63) is 61.6 Å². The fourth-order valence-corrected chi connectivity index (χ4v) is 3.80. The minimum atomic E-state index is -0.835. The van der Waals surface area contributed by atoms with Crippen LogP contribution in [0.3, 0.4) is 0 Å². The van der Waals surface area contributed by atoms with Crippen LogP contribution in [0.4, 0.5) is 34.1 Å². The molecule has 0 radical (unpaired) electrons. The number of halogens is 1. The van der Waals surface area contributed by atoms with Crippen LogP contribution >= 0.6 is 15.9 Å². The van der Waals surface area contributed by atoms with Crippen molar-refractivity contribution in [2.45, 2.75) is 13.0 Å². The number of ether oxygens (including phenoxy) is 2. The number of hydrogen-bond acceptors (Lipinski definition) is 11. The summed E-state index contributed by atoms with van der Waals surface area (Å²) >= 11 is 3.07. The van der Waals surface area contributed by atoms with Crippen LogP contribution in [0.15, 0.2) is 51.6 Å². The van der Waals surface area contributed by atoms with Gasteiger partial charge in [-0.25, -0.2) is 0 Å². The van der Waals surface area contributed by atoms with Crippen LogP contribution in [-0.2, 0) is 9.53 Å². The summed E-state index contributed by atoms with van der Waals surface area (Å²) in [4.78, 5) is 34.7. The van der Waals surface area contributed by atoms with Gasteiger partial charge in [0.05, 0.1) is 51.6 Å². The zero-order chi connectivity index (χ0) is 27.7. The van der Waals surface area contributed by atoms with Crippen molar-refractivity contribution in [1.82, 2.24) is 0 Å². The molecule has 1 amide bonds. The Morgan fingerprint density at radius 1 is 1.24 bits per heavy atom. The Morgan fingerprint density at radius 3 is 2.49 bits per heavy atom. The molecule has 15 heteroatoms. The molecule has 2 aromatic carbocycles. The first-order chi connectivity index (χ1) is 17.5. The van der Waals surface area contributed by atoms with Crippen molar-refractivity contribution in [3.63, 3.8) is 0 Å². The molecule has 37 heavy (non-hydrogen) atoms. The molecule has 1 unspecified atom stereocenters. The van der Waals surface area contributed by atoms with Gasteiger partial charge in [-0.3, -0.25) is 25.0 Å². The number of nitro groups is 2. The molecule has 0 fully saturated rings. The Balaban J connectivity index is 2.65. The number of hydrogen-bond donors (Lipinski definition) is 2. The number of benzene rings is 2. The van der Waals surface area contributed by atoms with Crippen LogP contribution in [0.25, 0.3) is 0 Å². The van der Waals surface area contributed by atoms with Crippen molar-refractivity contribution in [3.8, 4) is 5.75 Å². The summed E-state index contributed by atoms with van der Waals surface area (Å²) in [5.41, 5.74) is -0.625. The molecule has 0 aliphatic rings. The zero-order valence-corrected chi connectivity index (χ0v) is 21.8. The van der Waals surface area contributed by atoms with Crippen LogP contribution in [0, 0.1) is 20.2 Å². The van der Waals surface area contributed by atoms with E-state index in [1.807, 2.05) is 0 Å². The van der Waals surface area contributed by atoms with Gasteiger partial charge in [-0.2, -0.15) is 0 Å². The number of anilines is 2. The third kappa shape index (κ3) is 7.77. The average molecular weight is 581 g/mol. The number of nitrogens with zero attached hydrogens (tertiary/aromatic N) is 5. The molecule has 2 aromatic rings. The van der Waals surface area contributed by atoms with E-state index in [1.54, 1.807) is 17.0 Å². The Bertz CT molecular complexity index is 1220. The van der Waals surface area contributed by atoms with E-state index in [2.05, 4.69) is 38.1 Å². The molecule has 0 spiro atoms. The second-order valence-electron chi connectivity index (χ2n) is 7.53. The van der Waals surface area contributed by atoms with E-state index in [0.29, 0.717) is 18.0 Å². The summed E-state index contributed by atoms with van der Waals surface area (Å²) < 4.78 is 10.5. The molecular formula is C22H25BrN6O8. The number of nitrogens with one attached hydrogen (secondary N) is 1. The fourth-order valence-electron chi connectivity index (χ4n) is 3.29. The summed E-state index contributed by atoms with van der Waals surface area (Å²) in [7, 11) is 2.87. The number of azo groups is 1. The molecule has 0 saturated heterocycles. The number of amides is 1. The van der Waals surface area contributed by atoms with Gasteiger partial charge in [-0.1, -0.05) is 6.08 Å². The molecule has 0 saturated carbocycles. The van der Waals surface area contributed by atoms with Crippen LogP contribution in [0.2, 0.25) is 0 Å². The first-order valence-electron chi connectivity index (χ1n) is 10.6. The lowest BCUT2D eigenvalue weighted by Crippen LogP contribution is -2.35. The quantitative estimate of drug-likeness (QED) is 0.147. The standard InChI is InChI=1S/C22H25BrN6O8/c1-5-6-27(11-15(31)12-36-3)19-9-17(24-13(2)30)18(10-21(19)37-4)25-26-22-16(23)7-14(28(32)33)8-20(22)29(34)35/h5,7-10,15,31H,1,6,11-12H2,2-4H3,(H,24,30). The number of non-ortho nitro benzene ring substituents is 1. The smallest absolute Gasteiger partial charge is 0.304 e. The van der Waals surface area contributed by atoms with Crippen molar-refractivity contribution in [2.75, 3.05) is 44.1 Å². The number of aliphatic hydroxyl groups is 1. The average Bonchev–Trinajstić information content (AvgIpc) is 2.82. The summed E-state index contributed by atoms with van der Waals surface area (Å²) in [6.07, 6.45) is 0.786. The number of aliphatic hydroxyl groups excluding tert-OH is 1. The number of carbonyl (C=O) groups is 1. The third-order valence-corrected chi connectivity index (χ3v) is 5.39. The summed E-state index contributed by atoms with van der Waals surface area (Å²) in [6.45, 7) is 5.58. The predicted octanol–water partition coefficient (Wildman–Crippen LogP) is 4.65. The van der Waals surface area contributed by atoms with Gasteiger partial charge < -0.3 is 24.8 Å². The monoisotopic (exact) mass is 580 g/mol. The minimum Gasteiger partial charge on any atom is -0.494 e. The maximum absolute atomic E-state index is 11.9. The number of carbonyl (C=O) groups excluding carboxylic acids is 1. The highest BCUT2D eigenvalue weighted by molar-refractivity contribution is 9.10. The largest absolute Gasteiger partial charge is 0.494 e. The van der Waals surface area contributed by atoms with Gasteiger partial charge in [0.25, 0.3) is 5.69 Å². The molecule has 2 N–H and O–H groups in total. The SMILES string of the molecule is C=CCN(CC(O)COC)c1cc(NC(C)=O)c(N=Nc2c(Br)cc([N+](=O)[O-])cc2[N+](=O)[O-])cc1OC. The highest BCUT2D eigenvalue weighted by atomic mass is 79.9. The highest BCUT2D eigenvalue weighted by Gasteiger charge is 2.24. The summed E-state index contributed by atoms with van der Waals surface area (Å²) in [5, 5.41) is 43.5. The van der Waals surface area contributed by atoms with Crippen molar-refractivity contribution in [2.24, 2.45) is 10.2 Å². The first kappa shape index (κ1) is 29.3. The number of methoxy groups -OCH3 is 2. The Morgan fingerprint density at radius 2 is 1.95 bits per heavy atom. The highest BCUT2D eigenvalue weighted by Crippen LogP contribution is 2.43. The van der Waals surface area contributed by atoms with E-state index in [9.17, 15) is 30.1 Å². The lowest BCUT2D eigenvalue weighted by atomic mass is 10.1. The van der Waals surface area contributed by atoms with Gasteiger partial charge in [0, 0.05) is 39.3 Å². The fraction of sp³-hybridized carbons (Fsp3) is 0.318. The second kappa shape index (κ2) is 13.4. The van der Waals surface area contributed by atoms with Crippen molar-refractivity contribution < 1.29 is 29.2 Å². The molecule has 0 aliphatic carbocycles. The van der Waals surface area contributed by atoms with Crippen LogP contribution < -0.4 is 15.0 Å². The summed E-state index contributed by atoms with van der Waals surface area (Å²) in [6, 6.07) is 4.85. The van der Waals surface area contributed by atoms with E-state index in [0.717, 1.165) is 12.1 Å². The second-order valence-corrected chi connectivity index (χ2v) is 8.39. The summed E-state index contributed by atoms with van der Waals surface area (Å²) in [5.74, 6) is -0.128. The Hall–Kier alpha value is -3.95. The normalized spacial score (nSPS) is 11.7. The van der Waals surface area contributed by atoms with Crippen LogP contribution in [0.5, 0.6) is 5.75 Å². The number of rotatable bonds is 13. The maximum Gasteiger partial charge on any atom is 0.304 e. The van der Waals surface area contributed by atoms with Gasteiger partial charge >= 0.3 is 5.69 Å². The van der Waals surface area contributed by atoms with Crippen LogP contribution in [0.1, 0.15) is 6.92 Å². The molecule has 14 nitrogen and oxygen atoms in total. The van der Waals surface area contributed by atoms with Gasteiger partial charge in [0.2, 0.25) is 5.91 Å². The molecule has 0 heterocycles. The molecule has 0 bridgehead atoms. The molecular weight excluding hydrogens is 556 g/mol. The molecule has 0 aromatic heterocycles. The zero-order valence-electron chi connectivity index (χ0n) is 20.2. The van der Waals surface area contributed by atoms with E-state index < -0.39 is 33.2 Å². The van der Waals surface area contributed by atoms with Gasteiger partial charge in [-0.15, -0.1) is 16.8 Å². The first-order valence-corrected chi connectivity index (χ1v) is 11.4. The third-order valence-electron chi connectivity index (χ3n) is 4.78.